The first-order chi connectivity index (χ1) is 8.66. The average Bonchev–Trinajstić information content (AvgIpc) is 2.35. The standard InChI is InChI=1S/C12H9Cl2N3O/c13-11-10(12(14)16-7-15-11)17-9(18)6-8-4-2-1-3-5-8/h1-5,7H,6H2,(H,17,18). The number of hydrogen-bond acceptors (Lipinski definition) is 3. The number of rotatable bonds is 3. The van der Waals surface area contributed by atoms with Crippen LogP contribution >= 0.6 is 23.2 Å². The maximum absolute atomic E-state index is 11.8. The van der Waals surface area contributed by atoms with E-state index in [1.165, 1.54) is 6.33 Å². The Morgan fingerprint density at radius 2 is 1.72 bits per heavy atom. The summed E-state index contributed by atoms with van der Waals surface area (Å²) < 4.78 is 0. The van der Waals surface area contributed by atoms with Crippen LogP contribution in [0.25, 0.3) is 0 Å². The molecule has 1 aromatic heterocycles. The van der Waals surface area contributed by atoms with Gasteiger partial charge in [0.15, 0.2) is 10.3 Å². The summed E-state index contributed by atoms with van der Waals surface area (Å²) in [6, 6.07) is 9.36. The number of carbonyl (C=O) groups is 1. The Balaban J connectivity index is 2.08. The third-order valence-electron chi connectivity index (χ3n) is 2.23. The zero-order valence-electron chi connectivity index (χ0n) is 9.23. The largest absolute Gasteiger partial charge is 0.321 e. The Morgan fingerprint density at radius 3 is 2.33 bits per heavy atom. The zero-order valence-corrected chi connectivity index (χ0v) is 10.7. The van der Waals surface area contributed by atoms with E-state index in [0.717, 1.165) is 5.56 Å². The second-order valence-corrected chi connectivity index (χ2v) is 4.26. The molecule has 0 saturated heterocycles. The second kappa shape index (κ2) is 5.80. The molecule has 0 aliphatic heterocycles. The molecule has 1 heterocycles. The highest BCUT2D eigenvalue weighted by molar-refractivity contribution is 6.38. The molecule has 4 nitrogen and oxygen atoms in total. The van der Waals surface area contributed by atoms with Gasteiger partial charge in [-0.2, -0.15) is 0 Å². The van der Waals surface area contributed by atoms with Gasteiger partial charge in [-0.3, -0.25) is 4.79 Å². The van der Waals surface area contributed by atoms with E-state index in [1.54, 1.807) is 0 Å². The van der Waals surface area contributed by atoms with Crippen LogP contribution in [0, 0.1) is 0 Å². The van der Waals surface area contributed by atoms with Gasteiger partial charge in [-0.15, -0.1) is 0 Å². The van der Waals surface area contributed by atoms with Crippen LogP contribution in [0.3, 0.4) is 0 Å². The Kier molecular flexibility index (Phi) is 4.12. The molecular formula is C12H9Cl2N3O. The van der Waals surface area contributed by atoms with E-state index in [4.69, 9.17) is 23.2 Å². The molecule has 18 heavy (non-hydrogen) atoms. The molecule has 1 amide bonds. The summed E-state index contributed by atoms with van der Waals surface area (Å²) in [4.78, 5) is 19.3. The normalized spacial score (nSPS) is 10.1. The fourth-order valence-electron chi connectivity index (χ4n) is 1.41. The SMILES string of the molecule is O=C(Cc1ccccc1)Nc1c(Cl)ncnc1Cl. The number of nitrogens with zero attached hydrogens (tertiary/aromatic N) is 2. The number of hydrogen-bond donors (Lipinski definition) is 1. The molecule has 0 unspecified atom stereocenters. The highest BCUT2D eigenvalue weighted by Crippen LogP contribution is 2.25. The molecule has 6 heteroatoms. The first kappa shape index (κ1) is 12.8. The minimum Gasteiger partial charge on any atom is -0.321 e. The topological polar surface area (TPSA) is 54.9 Å². The lowest BCUT2D eigenvalue weighted by Gasteiger charge is -2.07. The summed E-state index contributed by atoms with van der Waals surface area (Å²) in [6.45, 7) is 0. The maximum atomic E-state index is 11.8. The predicted molar refractivity (Wildman–Crippen MR) is 70.8 cm³/mol. The highest BCUT2D eigenvalue weighted by atomic mass is 35.5. The Hall–Kier alpha value is -1.65. The van der Waals surface area contributed by atoms with Crippen molar-refractivity contribution in [2.24, 2.45) is 0 Å². The molecule has 0 saturated carbocycles. The summed E-state index contributed by atoms with van der Waals surface area (Å²) in [6.07, 6.45) is 1.47. The van der Waals surface area contributed by atoms with E-state index in [9.17, 15) is 4.79 Å². The molecular weight excluding hydrogens is 273 g/mol. The Bertz CT molecular complexity index is 540. The van der Waals surface area contributed by atoms with Crippen molar-refractivity contribution in [2.45, 2.75) is 6.42 Å². The third kappa shape index (κ3) is 3.18. The van der Waals surface area contributed by atoms with Crippen molar-refractivity contribution >= 4 is 34.8 Å². The summed E-state index contributed by atoms with van der Waals surface area (Å²) >= 11 is 11.7. The maximum Gasteiger partial charge on any atom is 0.228 e. The lowest BCUT2D eigenvalue weighted by molar-refractivity contribution is -0.115. The average molecular weight is 282 g/mol. The second-order valence-electron chi connectivity index (χ2n) is 3.54. The lowest BCUT2D eigenvalue weighted by Crippen LogP contribution is -2.15. The number of nitrogens with one attached hydrogen (secondary N) is 1. The lowest BCUT2D eigenvalue weighted by atomic mass is 10.1. The van der Waals surface area contributed by atoms with Crippen molar-refractivity contribution in [1.29, 1.82) is 0 Å². The molecule has 0 atom stereocenters. The summed E-state index contributed by atoms with van der Waals surface area (Å²) in [7, 11) is 0. The van der Waals surface area contributed by atoms with Gasteiger partial charge in [-0.05, 0) is 5.56 Å². The smallest absolute Gasteiger partial charge is 0.228 e. The molecule has 0 radical (unpaired) electrons. The molecule has 2 aromatic rings. The van der Waals surface area contributed by atoms with Crippen LogP contribution in [0.4, 0.5) is 5.69 Å². The number of halogens is 2. The zero-order chi connectivity index (χ0) is 13.0. The summed E-state index contributed by atoms with van der Waals surface area (Å²) in [5.74, 6) is -0.222. The van der Waals surface area contributed by atoms with Gasteiger partial charge in [0.1, 0.15) is 12.0 Å². The minimum atomic E-state index is -0.222. The van der Waals surface area contributed by atoms with Crippen LogP contribution in [0.5, 0.6) is 0 Å². The molecule has 2 rings (SSSR count). The molecule has 0 aliphatic rings. The summed E-state index contributed by atoms with van der Waals surface area (Å²) in [5.41, 5.74) is 1.14. The minimum absolute atomic E-state index is 0.122. The van der Waals surface area contributed by atoms with Crippen molar-refractivity contribution in [3.05, 3.63) is 52.5 Å². The fraction of sp³-hybridized carbons (Fsp3) is 0.0833. The predicted octanol–water partition coefficient (Wildman–Crippen LogP) is 2.96. The van der Waals surface area contributed by atoms with Crippen molar-refractivity contribution in [2.75, 3.05) is 5.32 Å². The fourth-order valence-corrected chi connectivity index (χ4v) is 1.82. The van der Waals surface area contributed by atoms with Gasteiger partial charge in [-0.25, -0.2) is 9.97 Å². The van der Waals surface area contributed by atoms with Crippen molar-refractivity contribution in [1.82, 2.24) is 9.97 Å². The van der Waals surface area contributed by atoms with Crippen LogP contribution in [-0.2, 0) is 11.2 Å². The molecule has 1 N–H and O–H groups in total. The number of anilines is 1. The van der Waals surface area contributed by atoms with Crippen molar-refractivity contribution in [3.8, 4) is 0 Å². The van der Waals surface area contributed by atoms with Gasteiger partial charge >= 0.3 is 0 Å². The van der Waals surface area contributed by atoms with Gasteiger partial charge in [0.25, 0.3) is 0 Å². The van der Waals surface area contributed by atoms with Crippen LogP contribution in [-0.4, -0.2) is 15.9 Å². The molecule has 0 aliphatic carbocycles. The quantitative estimate of drug-likeness (QED) is 0.880. The number of amides is 1. The van der Waals surface area contributed by atoms with Gasteiger partial charge in [0.05, 0.1) is 6.42 Å². The molecule has 1 aromatic carbocycles. The Morgan fingerprint density at radius 1 is 1.11 bits per heavy atom. The molecule has 0 bridgehead atoms. The van der Waals surface area contributed by atoms with Crippen LogP contribution in [0.2, 0.25) is 10.3 Å². The van der Waals surface area contributed by atoms with Crippen molar-refractivity contribution in [3.63, 3.8) is 0 Å². The van der Waals surface area contributed by atoms with Crippen LogP contribution < -0.4 is 5.32 Å². The number of carbonyl (C=O) groups excluding carboxylic acids is 1. The third-order valence-corrected chi connectivity index (χ3v) is 2.80. The van der Waals surface area contributed by atoms with Crippen molar-refractivity contribution < 1.29 is 4.79 Å². The molecule has 0 spiro atoms. The molecule has 92 valence electrons. The highest BCUT2D eigenvalue weighted by Gasteiger charge is 2.11. The van der Waals surface area contributed by atoms with E-state index < -0.39 is 0 Å². The van der Waals surface area contributed by atoms with Gasteiger partial charge in [-0.1, -0.05) is 53.5 Å². The van der Waals surface area contributed by atoms with E-state index >= 15 is 0 Å². The first-order valence-corrected chi connectivity index (χ1v) is 5.92. The van der Waals surface area contributed by atoms with Gasteiger partial charge in [0.2, 0.25) is 5.91 Å². The molecule has 0 fully saturated rings. The number of benzene rings is 1. The van der Waals surface area contributed by atoms with Gasteiger partial charge < -0.3 is 5.32 Å². The first-order valence-electron chi connectivity index (χ1n) is 5.16. The van der Waals surface area contributed by atoms with Gasteiger partial charge in [0, 0.05) is 0 Å². The van der Waals surface area contributed by atoms with E-state index in [0.29, 0.717) is 0 Å². The van der Waals surface area contributed by atoms with E-state index in [-0.39, 0.29) is 28.3 Å². The monoisotopic (exact) mass is 281 g/mol. The van der Waals surface area contributed by atoms with Crippen LogP contribution in [0.1, 0.15) is 5.56 Å². The van der Waals surface area contributed by atoms with E-state index in [1.807, 2.05) is 30.3 Å². The van der Waals surface area contributed by atoms with Crippen LogP contribution in [0.15, 0.2) is 36.7 Å². The number of aromatic nitrogens is 2. The summed E-state index contributed by atoms with van der Waals surface area (Å²) in [5, 5.41) is 2.84. The Labute approximate surface area is 114 Å². The van der Waals surface area contributed by atoms with E-state index in [2.05, 4.69) is 15.3 Å².